The van der Waals surface area contributed by atoms with Crippen molar-refractivity contribution >= 4 is 75.8 Å². The Morgan fingerprint density at radius 3 is 0.938 bits per heavy atom. The van der Waals surface area contributed by atoms with Crippen LogP contribution in [-0.4, -0.2) is 28.3 Å². The molecular formula is C58H114S6. The molecule has 0 bridgehead atoms. The molecule has 5 atom stereocenters. The van der Waals surface area contributed by atoms with Gasteiger partial charge in [0.25, 0.3) is 0 Å². The predicted octanol–water partition coefficient (Wildman–Crippen LogP) is 21.3. The van der Waals surface area contributed by atoms with Crippen molar-refractivity contribution in [1.29, 1.82) is 0 Å². The fourth-order valence-electron chi connectivity index (χ4n) is 12.5. The number of hydrogen-bond donors (Lipinski definition) is 6. The molecule has 1 aliphatic carbocycles. The summed E-state index contributed by atoms with van der Waals surface area (Å²) in [4.78, 5) is 0. The molecule has 1 aliphatic rings. The minimum atomic E-state index is 0.226. The van der Waals surface area contributed by atoms with E-state index in [4.69, 9.17) is 32.2 Å². The predicted molar refractivity (Wildman–Crippen MR) is 316 cm³/mol. The van der Waals surface area contributed by atoms with Crippen LogP contribution >= 0.6 is 75.8 Å². The van der Waals surface area contributed by atoms with Crippen LogP contribution in [0.4, 0.5) is 0 Å². The van der Waals surface area contributed by atoms with E-state index in [1.807, 2.05) is 0 Å². The Labute approximate surface area is 437 Å². The average Bonchev–Trinajstić information content (AvgIpc) is 3.30. The molecule has 1 saturated carbocycles. The van der Waals surface area contributed by atoms with Gasteiger partial charge >= 0.3 is 0 Å². The SMILES string of the molecule is [CH2]C1CC(CCCCCCCCCCCCS)C(CCCCCCCCCCCCS)(C(C)[CH]S)C(CCCCCCCCCCCCS)(CCCCCCCCCCCCS)C1S. The third-order valence-electron chi connectivity index (χ3n) is 16.3. The first-order chi connectivity index (χ1) is 31.4. The molecule has 5 unspecified atom stereocenters. The van der Waals surface area contributed by atoms with Gasteiger partial charge < -0.3 is 0 Å². The Balaban J connectivity index is 3.22. The molecule has 0 heterocycles. The van der Waals surface area contributed by atoms with Gasteiger partial charge in [0.05, 0.1) is 0 Å². The van der Waals surface area contributed by atoms with Gasteiger partial charge in [0.15, 0.2) is 0 Å². The lowest BCUT2D eigenvalue weighted by atomic mass is 9.41. The zero-order valence-corrected chi connectivity index (χ0v) is 48.3. The topological polar surface area (TPSA) is 0 Å². The van der Waals surface area contributed by atoms with Crippen molar-refractivity contribution in [2.45, 2.75) is 301 Å². The molecule has 382 valence electrons. The number of thiol groups is 6. The largest absolute Gasteiger partial charge is 0.179 e. The lowest BCUT2D eigenvalue weighted by Crippen LogP contribution is -2.61. The van der Waals surface area contributed by atoms with Crippen LogP contribution in [0.15, 0.2) is 0 Å². The number of unbranched alkanes of at least 4 members (excludes halogenated alkanes) is 36. The van der Waals surface area contributed by atoms with E-state index >= 15 is 0 Å². The van der Waals surface area contributed by atoms with Crippen molar-refractivity contribution in [3.8, 4) is 0 Å². The molecule has 0 aromatic carbocycles. The smallest absolute Gasteiger partial charge is 0.0167 e. The molecule has 0 N–H and O–H groups in total. The van der Waals surface area contributed by atoms with Crippen molar-refractivity contribution in [2.24, 2.45) is 28.6 Å². The summed E-state index contributed by atoms with van der Waals surface area (Å²) in [6.07, 6.45) is 62.3. The summed E-state index contributed by atoms with van der Waals surface area (Å²) in [6, 6.07) is 0. The normalized spacial score (nSPS) is 20.3. The minimum Gasteiger partial charge on any atom is -0.179 e. The van der Waals surface area contributed by atoms with Crippen molar-refractivity contribution < 1.29 is 0 Å². The summed E-state index contributed by atoms with van der Waals surface area (Å²) in [6.45, 7) is 7.63. The van der Waals surface area contributed by atoms with E-state index in [0.29, 0.717) is 17.1 Å². The van der Waals surface area contributed by atoms with E-state index in [2.05, 4.69) is 63.2 Å². The van der Waals surface area contributed by atoms with Gasteiger partial charge in [0.1, 0.15) is 0 Å². The van der Waals surface area contributed by atoms with Crippen molar-refractivity contribution in [3.05, 3.63) is 12.7 Å². The molecule has 0 aromatic heterocycles. The molecule has 6 heteroatoms. The van der Waals surface area contributed by atoms with Crippen LogP contribution < -0.4 is 0 Å². The second kappa shape index (κ2) is 46.2. The van der Waals surface area contributed by atoms with Crippen LogP contribution in [0.5, 0.6) is 0 Å². The lowest BCUT2D eigenvalue weighted by Gasteiger charge is -2.66. The Morgan fingerprint density at radius 2 is 0.656 bits per heavy atom. The standard InChI is InChI=1S/C58H114S6/c1-53-51-55(43-35-27-19-11-3-7-15-23-31-39-47-59)58(54(2)52-63,46-38-30-22-14-6-10-18-26-34-42-50-62)57(56(53)64,44-36-28-20-12-4-8-16-24-32-40-48-60)45-37-29-21-13-5-9-17-25-33-41-49-61/h52-56,59-64H,1,3-51H2,2H3. The first-order valence-corrected chi connectivity index (χ1v) is 32.4. The summed E-state index contributed by atoms with van der Waals surface area (Å²) < 4.78 is 0. The van der Waals surface area contributed by atoms with Gasteiger partial charge in [0.2, 0.25) is 0 Å². The molecule has 1 rings (SSSR count). The highest BCUT2D eigenvalue weighted by atomic mass is 32.1. The summed E-state index contributed by atoms with van der Waals surface area (Å²) in [7, 11) is 0. The van der Waals surface area contributed by atoms with Crippen LogP contribution in [0.3, 0.4) is 0 Å². The van der Waals surface area contributed by atoms with Gasteiger partial charge in [-0.3, -0.25) is 0 Å². The fourth-order valence-corrected chi connectivity index (χ4v) is 14.3. The highest BCUT2D eigenvalue weighted by molar-refractivity contribution is 7.82. The maximum Gasteiger partial charge on any atom is 0.0167 e. The van der Waals surface area contributed by atoms with Crippen molar-refractivity contribution in [2.75, 3.05) is 23.0 Å². The van der Waals surface area contributed by atoms with Gasteiger partial charge in [-0.1, -0.05) is 238 Å². The highest BCUT2D eigenvalue weighted by Gasteiger charge is 2.62. The number of rotatable bonds is 50. The molecule has 0 spiro atoms. The molecule has 64 heavy (non-hydrogen) atoms. The Bertz CT molecular complexity index is 920. The van der Waals surface area contributed by atoms with Crippen LogP contribution in [-0.2, 0) is 0 Å². The van der Waals surface area contributed by atoms with Gasteiger partial charge in [-0.05, 0) is 116 Å². The van der Waals surface area contributed by atoms with E-state index in [0.717, 1.165) is 28.9 Å². The van der Waals surface area contributed by atoms with Crippen LogP contribution in [0.1, 0.15) is 296 Å². The second-order valence-corrected chi connectivity index (χ2v) is 24.0. The molecule has 0 aromatic rings. The van der Waals surface area contributed by atoms with Crippen molar-refractivity contribution in [3.63, 3.8) is 0 Å². The van der Waals surface area contributed by atoms with Gasteiger partial charge in [-0.15, -0.1) is 0 Å². The first-order valence-electron chi connectivity index (χ1n) is 28.8. The summed E-state index contributed by atoms with van der Waals surface area (Å²) >= 11 is 28.6. The van der Waals surface area contributed by atoms with E-state index in [1.54, 1.807) is 0 Å². The van der Waals surface area contributed by atoms with E-state index in [1.165, 1.54) is 289 Å². The van der Waals surface area contributed by atoms with Crippen molar-refractivity contribution in [1.82, 2.24) is 0 Å². The summed E-state index contributed by atoms with van der Waals surface area (Å²) in [5.41, 5.74) is 0.486. The fraction of sp³-hybridized carbons (Fsp3) is 0.966. The maximum atomic E-state index is 5.83. The third-order valence-corrected chi connectivity index (χ3v) is 18.9. The number of hydrogen-bond acceptors (Lipinski definition) is 6. The van der Waals surface area contributed by atoms with E-state index in [9.17, 15) is 0 Å². The Morgan fingerprint density at radius 1 is 0.406 bits per heavy atom. The molecule has 0 saturated heterocycles. The zero-order chi connectivity index (χ0) is 46.7. The highest BCUT2D eigenvalue weighted by Crippen LogP contribution is 2.68. The summed E-state index contributed by atoms with van der Waals surface area (Å²) in [5.74, 6) is 8.22. The van der Waals surface area contributed by atoms with Gasteiger partial charge in [-0.2, -0.15) is 75.8 Å². The lowest BCUT2D eigenvalue weighted by molar-refractivity contribution is -0.125. The Kier molecular flexibility index (Phi) is 46.3. The van der Waals surface area contributed by atoms with Crippen LogP contribution in [0, 0.1) is 41.3 Å². The molecule has 0 aliphatic heterocycles. The molecular weight excluding hydrogens is 889 g/mol. The van der Waals surface area contributed by atoms with Crippen LogP contribution in [0.2, 0.25) is 0 Å². The summed E-state index contributed by atoms with van der Waals surface area (Å²) in [5, 5.41) is 0.379. The first kappa shape index (κ1) is 64.1. The van der Waals surface area contributed by atoms with Crippen LogP contribution in [0.25, 0.3) is 0 Å². The van der Waals surface area contributed by atoms with E-state index in [-0.39, 0.29) is 10.8 Å². The molecule has 1 fully saturated rings. The quantitative estimate of drug-likeness (QED) is 0.0254. The molecule has 2 radical (unpaired) electrons. The molecule has 0 amide bonds. The van der Waals surface area contributed by atoms with E-state index < -0.39 is 0 Å². The minimum absolute atomic E-state index is 0.226. The Hall–Kier alpha value is 2.10. The second-order valence-electron chi connectivity index (χ2n) is 21.3. The third kappa shape index (κ3) is 28.8. The van der Waals surface area contributed by atoms with Gasteiger partial charge in [-0.25, -0.2) is 0 Å². The monoisotopic (exact) mass is 1000 g/mol. The molecule has 0 nitrogen and oxygen atoms in total. The maximum absolute atomic E-state index is 5.83. The zero-order valence-electron chi connectivity index (χ0n) is 42.9. The average molecular weight is 1000 g/mol. The van der Waals surface area contributed by atoms with Gasteiger partial charge in [0, 0.05) is 11.0 Å².